The first-order chi connectivity index (χ1) is 9.13. The zero-order valence-electron chi connectivity index (χ0n) is 12.4. The molecule has 0 aromatic rings. The van der Waals surface area contributed by atoms with Crippen molar-refractivity contribution in [1.29, 1.82) is 0 Å². The van der Waals surface area contributed by atoms with Crippen LogP contribution in [0.1, 0.15) is 33.1 Å². The molecule has 112 valence electrons. The highest BCUT2D eigenvalue weighted by molar-refractivity contribution is 5.76. The highest BCUT2D eigenvalue weighted by Gasteiger charge is 2.24. The van der Waals surface area contributed by atoms with E-state index in [9.17, 15) is 4.79 Å². The van der Waals surface area contributed by atoms with E-state index in [1.165, 1.54) is 0 Å². The maximum atomic E-state index is 11.5. The smallest absolute Gasteiger partial charge is 0.221 e. The molecule has 1 fully saturated rings. The second-order valence-corrected chi connectivity index (χ2v) is 5.42. The highest BCUT2D eigenvalue weighted by atomic mass is 16.5. The number of amides is 1. The first-order valence-corrected chi connectivity index (χ1v) is 7.24. The molecule has 1 heterocycles. The van der Waals surface area contributed by atoms with Crippen LogP contribution in [-0.2, 0) is 14.3 Å². The molecule has 1 amide bonds. The Morgan fingerprint density at radius 1 is 1.42 bits per heavy atom. The average Bonchev–Trinajstić information content (AvgIpc) is 2.39. The molecule has 0 saturated carbocycles. The van der Waals surface area contributed by atoms with Gasteiger partial charge in [-0.15, -0.1) is 0 Å². The lowest BCUT2D eigenvalue weighted by molar-refractivity contribution is -0.121. The number of rotatable bonds is 8. The van der Waals surface area contributed by atoms with Crippen LogP contribution in [-0.4, -0.2) is 51.5 Å². The zero-order valence-corrected chi connectivity index (χ0v) is 12.4. The van der Waals surface area contributed by atoms with Crippen LogP contribution in [0, 0.1) is 5.92 Å². The molecule has 0 aliphatic carbocycles. The predicted molar refractivity (Wildman–Crippen MR) is 75.1 cm³/mol. The minimum atomic E-state index is 0.0806. The van der Waals surface area contributed by atoms with Crippen LogP contribution in [0.2, 0.25) is 0 Å². The van der Waals surface area contributed by atoms with E-state index in [1.54, 1.807) is 7.11 Å². The Hall–Kier alpha value is -0.650. The molecule has 1 rings (SSSR count). The van der Waals surface area contributed by atoms with E-state index in [0.717, 1.165) is 26.0 Å². The number of hydrogen-bond donors (Lipinski definition) is 2. The van der Waals surface area contributed by atoms with E-state index in [0.29, 0.717) is 37.6 Å². The van der Waals surface area contributed by atoms with Gasteiger partial charge in [-0.1, -0.05) is 13.8 Å². The van der Waals surface area contributed by atoms with Gasteiger partial charge in [0.2, 0.25) is 5.91 Å². The van der Waals surface area contributed by atoms with Crippen LogP contribution in [0.4, 0.5) is 0 Å². The summed E-state index contributed by atoms with van der Waals surface area (Å²) in [5.41, 5.74) is 0. The molecule has 2 atom stereocenters. The monoisotopic (exact) mass is 272 g/mol. The summed E-state index contributed by atoms with van der Waals surface area (Å²) in [7, 11) is 1.63. The van der Waals surface area contributed by atoms with Crippen molar-refractivity contribution in [2.24, 2.45) is 5.92 Å². The topological polar surface area (TPSA) is 59.6 Å². The maximum Gasteiger partial charge on any atom is 0.221 e. The summed E-state index contributed by atoms with van der Waals surface area (Å²) in [5, 5.41) is 6.28. The number of methoxy groups -OCH3 is 1. The summed E-state index contributed by atoms with van der Waals surface area (Å²) in [6.45, 7) is 7.08. The van der Waals surface area contributed by atoms with Gasteiger partial charge in [-0.25, -0.2) is 0 Å². The first kappa shape index (κ1) is 16.4. The molecular formula is C14H28N2O3. The van der Waals surface area contributed by atoms with Crippen molar-refractivity contribution in [1.82, 2.24) is 10.6 Å². The lowest BCUT2D eigenvalue weighted by Crippen LogP contribution is -2.42. The highest BCUT2D eigenvalue weighted by Crippen LogP contribution is 2.19. The molecule has 0 radical (unpaired) electrons. The van der Waals surface area contributed by atoms with E-state index in [1.807, 2.05) is 0 Å². The third-order valence-electron chi connectivity index (χ3n) is 3.47. The number of carbonyl (C=O) groups excluding carboxylic acids is 1. The number of ether oxygens (including phenoxy) is 2. The van der Waals surface area contributed by atoms with Crippen molar-refractivity contribution in [2.45, 2.75) is 45.3 Å². The van der Waals surface area contributed by atoms with Crippen molar-refractivity contribution < 1.29 is 14.3 Å². The molecule has 0 aromatic heterocycles. The van der Waals surface area contributed by atoms with Gasteiger partial charge in [0.1, 0.15) is 0 Å². The molecule has 5 nitrogen and oxygen atoms in total. The van der Waals surface area contributed by atoms with E-state index >= 15 is 0 Å². The molecule has 2 unspecified atom stereocenters. The Balaban J connectivity index is 2.10. The fraction of sp³-hybridized carbons (Fsp3) is 0.929. The summed E-state index contributed by atoms with van der Waals surface area (Å²) in [6, 6.07) is 0.480. The van der Waals surface area contributed by atoms with Crippen LogP contribution >= 0.6 is 0 Å². The molecule has 0 aromatic carbocycles. The standard InChI is InChI=1S/C14H28N2O3/c1-11(2)13-10-12(5-8-19-13)15-6-4-14(17)16-7-9-18-3/h11-13,15H,4-10H2,1-3H3,(H,16,17). The maximum absolute atomic E-state index is 11.5. The Bertz CT molecular complexity index is 259. The van der Waals surface area contributed by atoms with E-state index < -0.39 is 0 Å². The average molecular weight is 272 g/mol. The Morgan fingerprint density at radius 3 is 2.89 bits per heavy atom. The molecule has 0 spiro atoms. The lowest BCUT2D eigenvalue weighted by Gasteiger charge is -2.32. The van der Waals surface area contributed by atoms with Gasteiger partial charge < -0.3 is 20.1 Å². The molecule has 1 saturated heterocycles. The lowest BCUT2D eigenvalue weighted by atomic mass is 9.95. The van der Waals surface area contributed by atoms with E-state index in [-0.39, 0.29) is 5.91 Å². The zero-order chi connectivity index (χ0) is 14.1. The molecule has 19 heavy (non-hydrogen) atoms. The van der Waals surface area contributed by atoms with Crippen LogP contribution in [0.25, 0.3) is 0 Å². The van der Waals surface area contributed by atoms with Crippen molar-refractivity contribution in [2.75, 3.05) is 33.4 Å². The van der Waals surface area contributed by atoms with Crippen molar-refractivity contribution in [3.05, 3.63) is 0 Å². The fourth-order valence-corrected chi connectivity index (χ4v) is 2.25. The van der Waals surface area contributed by atoms with Gasteiger partial charge in [-0.05, 0) is 18.8 Å². The van der Waals surface area contributed by atoms with Crippen LogP contribution in [0.3, 0.4) is 0 Å². The van der Waals surface area contributed by atoms with Gasteiger partial charge in [0.15, 0.2) is 0 Å². The Kier molecular flexibility index (Phi) is 8.02. The molecule has 2 N–H and O–H groups in total. The summed E-state index contributed by atoms with van der Waals surface area (Å²) in [4.78, 5) is 11.5. The summed E-state index contributed by atoms with van der Waals surface area (Å²) >= 11 is 0. The summed E-state index contributed by atoms with van der Waals surface area (Å²) in [5.74, 6) is 0.638. The minimum absolute atomic E-state index is 0.0806. The van der Waals surface area contributed by atoms with E-state index in [4.69, 9.17) is 9.47 Å². The Labute approximate surface area is 116 Å². The summed E-state index contributed by atoms with van der Waals surface area (Å²) < 4.78 is 10.6. The van der Waals surface area contributed by atoms with Gasteiger partial charge >= 0.3 is 0 Å². The second-order valence-electron chi connectivity index (χ2n) is 5.42. The molecular weight excluding hydrogens is 244 g/mol. The summed E-state index contributed by atoms with van der Waals surface area (Å²) in [6.07, 6.45) is 2.95. The van der Waals surface area contributed by atoms with Gasteiger partial charge in [-0.3, -0.25) is 4.79 Å². The number of hydrogen-bond acceptors (Lipinski definition) is 4. The fourth-order valence-electron chi connectivity index (χ4n) is 2.25. The van der Waals surface area contributed by atoms with Crippen LogP contribution < -0.4 is 10.6 Å². The molecule has 1 aliphatic heterocycles. The molecule has 5 heteroatoms. The van der Waals surface area contributed by atoms with Gasteiger partial charge in [0.05, 0.1) is 12.7 Å². The number of carbonyl (C=O) groups is 1. The molecule has 0 bridgehead atoms. The molecule has 1 aliphatic rings. The SMILES string of the molecule is COCCNC(=O)CCNC1CCOC(C(C)C)C1. The second kappa shape index (κ2) is 9.28. The quantitative estimate of drug-likeness (QED) is 0.645. The van der Waals surface area contributed by atoms with Crippen LogP contribution in [0.5, 0.6) is 0 Å². The van der Waals surface area contributed by atoms with Gasteiger partial charge in [0.25, 0.3) is 0 Å². The van der Waals surface area contributed by atoms with Crippen molar-refractivity contribution >= 4 is 5.91 Å². The Morgan fingerprint density at radius 2 is 2.21 bits per heavy atom. The van der Waals surface area contributed by atoms with Crippen molar-refractivity contribution in [3.63, 3.8) is 0 Å². The normalized spacial score (nSPS) is 23.6. The van der Waals surface area contributed by atoms with Crippen molar-refractivity contribution in [3.8, 4) is 0 Å². The van der Waals surface area contributed by atoms with Gasteiger partial charge in [0, 0.05) is 39.3 Å². The third kappa shape index (κ3) is 6.89. The largest absolute Gasteiger partial charge is 0.383 e. The third-order valence-corrected chi connectivity index (χ3v) is 3.47. The number of nitrogens with one attached hydrogen (secondary N) is 2. The minimum Gasteiger partial charge on any atom is -0.383 e. The van der Waals surface area contributed by atoms with Gasteiger partial charge in [-0.2, -0.15) is 0 Å². The van der Waals surface area contributed by atoms with E-state index in [2.05, 4.69) is 24.5 Å². The first-order valence-electron chi connectivity index (χ1n) is 7.24. The van der Waals surface area contributed by atoms with Crippen LogP contribution in [0.15, 0.2) is 0 Å². The predicted octanol–water partition coefficient (Wildman–Crippen LogP) is 0.932.